The largest absolute Gasteiger partial charge is 0.340 e. The monoisotopic (exact) mass is 348 g/mol. The van der Waals surface area contributed by atoms with Gasteiger partial charge in [-0.1, -0.05) is 61.7 Å². The first-order valence-corrected chi connectivity index (χ1v) is 9.49. The molecule has 1 aliphatic heterocycles. The molecule has 2 aliphatic rings. The Morgan fingerprint density at radius 1 is 0.885 bits per heavy atom. The maximum Gasteiger partial charge on any atom is 0.254 e. The van der Waals surface area contributed by atoms with Gasteiger partial charge in [0, 0.05) is 0 Å². The number of benzene rings is 2. The molecule has 0 radical (unpaired) electrons. The van der Waals surface area contributed by atoms with E-state index >= 15 is 0 Å². The number of carbonyl (C=O) groups is 2. The van der Waals surface area contributed by atoms with Gasteiger partial charge in [0.2, 0.25) is 5.91 Å². The van der Waals surface area contributed by atoms with Crippen molar-refractivity contribution in [3.8, 4) is 0 Å². The first-order chi connectivity index (χ1) is 12.7. The Labute approximate surface area is 154 Å². The fourth-order valence-corrected chi connectivity index (χ4v) is 4.18. The minimum Gasteiger partial charge on any atom is -0.340 e. The Hall–Kier alpha value is -2.62. The third kappa shape index (κ3) is 3.24. The molecule has 1 fully saturated rings. The lowest BCUT2D eigenvalue weighted by Crippen LogP contribution is -2.50. The molecular weight excluding hydrogens is 324 g/mol. The highest BCUT2D eigenvalue weighted by Gasteiger charge is 2.38. The third-order valence-electron chi connectivity index (χ3n) is 5.56. The van der Waals surface area contributed by atoms with Crippen LogP contribution >= 0.6 is 0 Å². The molecule has 2 amide bonds. The Balaban J connectivity index is 1.72. The molecule has 2 aromatic carbocycles. The second-order valence-corrected chi connectivity index (χ2v) is 7.28. The van der Waals surface area contributed by atoms with E-state index in [4.69, 9.17) is 0 Å². The molecule has 1 N–H and O–H groups in total. The standard InChI is InChI=1S/C22H24N2O2/c25-21-18-13-7-8-14-19(18)24(15-16-9-3-1-4-10-16)22(26)20(23-21)17-11-5-2-6-12-17/h1,3-4,7-10,13-14,17,20H,2,5-6,11-12,15H2,(H,23,25). The number of carbonyl (C=O) groups excluding carboxylic acids is 2. The molecule has 1 aliphatic carbocycles. The lowest BCUT2D eigenvalue weighted by atomic mass is 9.83. The molecule has 0 spiro atoms. The van der Waals surface area contributed by atoms with Gasteiger partial charge in [0.15, 0.2) is 0 Å². The van der Waals surface area contributed by atoms with Crippen LogP contribution in [-0.4, -0.2) is 17.9 Å². The highest BCUT2D eigenvalue weighted by molar-refractivity contribution is 6.11. The van der Waals surface area contributed by atoms with Gasteiger partial charge in [0.1, 0.15) is 6.04 Å². The van der Waals surface area contributed by atoms with Crippen LogP contribution in [0.2, 0.25) is 0 Å². The quantitative estimate of drug-likeness (QED) is 0.914. The van der Waals surface area contributed by atoms with E-state index in [-0.39, 0.29) is 17.7 Å². The van der Waals surface area contributed by atoms with Gasteiger partial charge >= 0.3 is 0 Å². The van der Waals surface area contributed by atoms with Crippen LogP contribution in [0.15, 0.2) is 54.6 Å². The van der Waals surface area contributed by atoms with Gasteiger partial charge in [-0.15, -0.1) is 0 Å². The summed E-state index contributed by atoms with van der Waals surface area (Å²) < 4.78 is 0. The van der Waals surface area contributed by atoms with E-state index < -0.39 is 6.04 Å². The van der Waals surface area contributed by atoms with Crippen molar-refractivity contribution in [3.63, 3.8) is 0 Å². The summed E-state index contributed by atoms with van der Waals surface area (Å²) in [5, 5.41) is 3.04. The van der Waals surface area contributed by atoms with Crippen LogP contribution in [0.3, 0.4) is 0 Å². The SMILES string of the molecule is O=C1NC(C2CCCCC2)C(=O)N(Cc2ccccc2)c2ccccc21. The molecule has 1 atom stereocenters. The summed E-state index contributed by atoms with van der Waals surface area (Å²) in [5.74, 6) is 0.104. The molecular formula is C22H24N2O2. The van der Waals surface area contributed by atoms with Crippen molar-refractivity contribution in [2.24, 2.45) is 5.92 Å². The zero-order valence-electron chi connectivity index (χ0n) is 14.9. The van der Waals surface area contributed by atoms with Crippen molar-refractivity contribution < 1.29 is 9.59 Å². The highest BCUT2D eigenvalue weighted by atomic mass is 16.2. The normalized spacial score (nSPS) is 21.1. The van der Waals surface area contributed by atoms with Gasteiger partial charge in [-0.2, -0.15) is 0 Å². The number of nitrogens with zero attached hydrogens (tertiary/aromatic N) is 1. The zero-order chi connectivity index (χ0) is 17.9. The molecule has 0 aromatic heterocycles. The van der Waals surface area contributed by atoms with Gasteiger partial charge in [0.25, 0.3) is 5.91 Å². The molecule has 1 heterocycles. The smallest absolute Gasteiger partial charge is 0.254 e. The summed E-state index contributed by atoms with van der Waals surface area (Å²) in [6, 6.07) is 17.0. The number of amides is 2. The van der Waals surface area contributed by atoms with E-state index in [9.17, 15) is 9.59 Å². The summed E-state index contributed by atoms with van der Waals surface area (Å²) >= 11 is 0. The molecule has 4 rings (SSSR count). The number of fused-ring (bicyclic) bond motifs is 1. The Morgan fingerprint density at radius 2 is 1.58 bits per heavy atom. The number of hydrogen-bond acceptors (Lipinski definition) is 2. The topological polar surface area (TPSA) is 49.4 Å². The van der Waals surface area contributed by atoms with Crippen LogP contribution in [0.25, 0.3) is 0 Å². The Morgan fingerprint density at radius 3 is 2.35 bits per heavy atom. The molecule has 0 bridgehead atoms. The van der Waals surface area contributed by atoms with E-state index in [0.717, 1.165) is 31.2 Å². The molecule has 2 aromatic rings. The molecule has 4 heteroatoms. The van der Waals surface area contributed by atoms with E-state index in [1.165, 1.54) is 6.42 Å². The molecule has 1 saturated carbocycles. The van der Waals surface area contributed by atoms with Gasteiger partial charge in [-0.3, -0.25) is 9.59 Å². The number of anilines is 1. The lowest BCUT2D eigenvalue weighted by Gasteiger charge is -2.32. The van der Waals surface area contributed by atoms with Crippen molar-refractivity contribution in [1.82, 2.24) is 5.32 Å². The Bertz CT molecular complexity index is 797. The summed E-state index contributed by atoms with van der Waals surface area (Å²) in [6.07, 6.45) is 5.50. The Kier molecular flexibility index (Phi) is 4.74. The summed E-state index contributed by atoms with van der Waals surface area (Å²) in [6.45, 7) is 0.481. The predicted molar refractivity (Wildman–Crippen MR) is 102 cm³/mol. The van der Waals surface area contributed by atoms with Crippen LogP contribution in [0.5, 0.6) is 0 Å². The minimum absolute atomic E-state index is 0.0130. The molecule has 26 heavy (non-hydrogen) atoms. The van der Waals surface area contributed by atoms with E-state index in [1.807, 2.05) is 48.5 Å². The van der Waals surface area contributed by atoms with Crippen molar-refractivity contribution in [2.45, 2.75) is 44.7 Å². The second kappa shape index (κ2) is 7.32. The molecule has 4 nitrogen and oxygen atoms in total. The number of para-hydroxylation sites is 1. The van der Waals surface area contributed by atoms with Gasteiger partial charge in [-0.25, -0.2) is 0 Å². The van der Waals surface area contributed by atoms with Crippen molar-refractivity contribution in [2.75, 3.05) is 4.90 Å². The number of nitrogens with one attached hydrogen (secondary N) is 1. The fraction of sp³-hybridized carbons (Fsp3) is 0.364. The van der Waals surface area contributed by atoms with Crippen LogP contribution in [0.4, 0.5) is 5.69 Å². The lowest BCUT2D eigenvalue weighted by molar-refractivity contribution is -0.122. The highest BCUT2D eigenvalue weighted by Crippen LogP contribution is 2.32. The number of rotatable bonds is 3. The zero-order valence-corrected chi connectivity index (χ0v) is 14.9. The van der Waals surface area contributed by atoms with E-state index in [0.29, 0.717) is 17.8 Å². The van der Waals surface area contributed by atoms with Gasteiger partial charge < -0.3 is 10.2 Å². The molecule has 0 saturated heterocycles. The van der Waals surface area contributed by atoms with Crippen LogP contribution < -0.4 is 10.2 Å². The van der Waals surface area contributed by atoms with E-state index in [1.54, 1.807) is 11.0 Å². The summed E-state index contributed by atoms with van der Waals surface area (Å²) in [4.78, 5) is 28.1. The van der Waals surface area contributed by atoms with Gasteiger partial charge in [0.05, 0.1) is 17.8 Å². The van der Waals surface area contributed by atoms with Crippen molar-refractivity contribution in [3.05, 3.63) is 65.7 Å². The van der Waals surface area contributed by atoms with E-state index in [2.05, 4.69) is 5.32 Å². The van der Waals surface area contributed by atoms with Crippen LogP contribution in [0.1, 0.15) is 48.0 Å². The first-order valence-electron chi connectivity index (χ1n) is 9.49. The third-order valence-corrected chi connectivity index (χ3v) is 5.56. The summed E-state index contributed by atoms with van der Waals surface area (Å²) in [7, 11) is 0. The number of hydrogen-bond donors (Lipinski definition) is 1. The average molecular weight is 348 g/mol. The second-order valence-electron chi connectivity index (χ2n) is 7.28. The maximum absolute atomic E-state index is 13.5. The minimum atomic E-state index is -0.432. The summed E-state index contributed by atoms with van der Waals surface area (Å²) in [5.41, 5.74) is 2.35. The fourth-order valence-electron chi connectivity index (χ4n) is 4.18. The first kappa shape index (κ1) is 16.8. The van der Waals surface area contributed by atoms with Crippen LogP contribution in [-0.2, 0) is 11.3 Å². The van der Waals surface area contributed by atoms with Gasteiger partial charge in [-0.05, 0) is 36.5 Å². The maximum atomic E-state index is 13.5. The van der Waals surface area contributed by atoms with Crippen LogP contribution in [0, 0.1) is 5.92 Å². The molecule has 1 unspecified atom stereocenters. The molecule has 134 valence electrons. The average Bonchev–Trinajstić information content (AvgIpc) is 2.80. The predicted octanol–water partition coefficient (Wildman–Crippen LogP) is 3.91. The van der Waals surface area contributed by atoms with Crippen molar-refractivity contribution >= 4 is 17.5 Å². The van der Waals surface area contributed by atoms with Crippen molar-refractivity contribution in [1.29, 1.82) is 0 Å².